The third kappa shape index (κ3) is 6.47. The lowest BCUT2D eigenvalue weighted by atomic mass is 10.2. The molecule has 0 aliphatic carbocycles. The Morgan fingerprint density at radius 3 is 2.05 bits per heavy atom. The number of fused-ring (bicyclic) bond motifs is 1. The number of sulfonamides is 1. The van der Waals surface area contributed by atoms with E-state index in [1.54, 1.807) is 78.4 Å². The minimum absolute atomic E-state index is 0.155. The van der Waals surface area contributed by atoms with Gasteiger partial charge in [-0.1, -0.05) is 12.1 Å². The fourth-order valence-electron chi connectivity index (χ4n) is 4.38. The molecule has 1 aromatic heterocycles. The first-order chi connectivity index (χ1) is 18.7. The maximum Gasteiger partial charge on any atom is 0.265 e. The van der Waals surface area contributed by atoms with E-state index >= 15 is 0 Å². The van der Waals surface area contributed by atoms with Gasteiger partial charge in [-0.3, -0.25) is 9.36 Å². The first-order valence-corrected chi connectivity index (χ1v) is 14.1. The molecule has 0 radical (unpaired) electrons. The van der Waals surface area contributed by atoms with Gasteiger partial charge in [-0.15, -0.1) is 0 Å². The summed E-state index contributed by atoms with van der Waals surface area (Å²) >= 11 is 0. The van der Waals surface area contributed by atoms with Crippen LogP contribution in [0.4, 0.5) is 0 Å². The Balaban J connectivity index is 1.72. The minimum Gasteiger partial charge on any atom is -0.497 e. The van der Waals surface area contributed by atoms with E-state index in [4.69, 9.17) is 14.5 Å². The summed E-state index contributed by atoms with van der Waals surface area (Å²) in [5.74, 6) is 1.73. The van der Waals surface area contributed by atoms with E-state index < -0.39 is 10.0 Å². The van der Waals surface area contributed by atoms with E-state index in [9.17, 15) is 13.2 Å². The summed E-state index contributed by atoms with van der Waals surface area (Å²) in [6.45, 7) is 1.22. The van der Waals surface area contributed by atoms with Gasteiger partial charge in [0.05, 0.1) is 35.7 Å². The average molecular weight is 551 g/mol. The summed E-state index contributed by atoms with van der Waals surface area (Å²) < 4.78 is 40.9. The van der Waals surface area contributed by atoms with Crippen LogP contribution in [0.5, 0.6) is 11.5 Å². The van der Waals surface area contributed by atoms with Crippen LogP contribution in [0.15, 0.2) is 82.5 Å². The number of nitrogens with zero attached hydrogens (tertiary/aromatic N) is 4. The summed E-state index contributed by atoms with van der Waals surface area (Å²) in [5.41, 5.74) is 0.989. The number of benzene rings is 3. The molecule has 0 atom stereocenters. The van der Waals surface area contributed by atoms with E-state index in [1.807, 2.05) is 25.1 Å². The quantitative estimate of drug-likeness (QED) is 0.266. The minimum atomic E-state index is -3.81. The van der Waals surface area contributed by atoms with Crippen LogP contribution in [0.2, 0.25) is 0 Å². The molecule has 10 heteroatoms. The van der Waals surface area contributed by atoms with Crippen LogP contribution in [-0.2, 0) is 16.4 Å². The van der Waals surface area contributed by atoms with Crippen molar-refractivity contribution in [2.45, 2.75) is 17.7 Å². The zero-order valence-electron chi connectivity index (χ0n) is 22.7. The number of para-hydroxylation sites is 1. The smallest absolute Gasteiger partial charge is 0.265 e. The predicted molar refractivity (Wildman–Crippen MR) is 153 cm³/mol. The molecule has 3 aromatic carbocycles. The Kier molecular flexibility index (Phi) is 9.01. The number of ether oxygens (including phenoxy) is 2. The van der Waals surface area contributed by atoms with Crippen LogP contribution in [0.3, 0.4) is 0 Å². The molecule has 1 heterocycles. The Bertz CT molecular complexity index is 1570. The van der Waals surface area contributed by atoms with Crippen LogP contribution < -0.4 is 15.0 Å². The summed E-state index contributed by atoms with van der Waals surface area (Å²) in [5, 5.41) is 0.491. The van der Waals surface area contributed by atoms with E-state index in [1.165, 1.54) is 11.4 Å². The van der Waals surface area contributed by atoms with Crippen molar-refractivity contribution in [1.82, 2.24) is 18.8 Å². The van der Waals surface area contributed by atoms with Gasteiger partial charge in [0.25, 0.3) is 5.56 Å². The van der Waals surface area contributed by atoms with Crippen molar-refractivity contribution in [2.75, 3.05) is 47.9 Å². The second-order valence-electron chi connectivity index (χ2n) is 9.37. The monoisotopic (exact) mass is 550 g/mol. The molecule has 39 heavy (non-hydrogen) atoms. The molecule has 0 unspecified atom stereocenters. The van der Waals surface area contributed by atoms with Gasteiger partial charge in [0, 0.05) is 19.5 Å². The summed E-state index contributed by atoms with van der Waals surface area (Å²) in [4.78, 5) is 20.6. The zero-order chi connectivity index (χ0) is 28.0. The number of aromatic nitrogens is 2. The largest absolute Gasteiger partial charge is 0.497 e. The standard InChI is InChI=1S/C29H34N4O5S/c1-31(2)19-7-20-32(39(35,36)25-16-14-24(38-4)15-17-25)21-18-28-30-27-9-6-5-8-26(27)29(34)33(28)22-10-12-23(37-3)13-11-22/h5-6,8-17H,7,18-21H2,1-4H3. The van der Waals surface area contributed by atoms with Crippen LogP contribution in [-0.4, -0.2) is 75.1 Å². The van der Waals surface area contributed by atoms with Gasteiger partial charge in [-0.2, -0.15) is 4.31 Å². The Labute approximate surface area is 229 Å². The number of hydrogen-bond donors (Lipinski definition) is 0. The average Bonchev–Trinajstić information content (AvgIpc) is 2.95. The summed E-state index contributed by atoms with van der Waals surface area (Å²) in [7, 11) is 3.22. The highest BCUT2D eigenvalue weighted by molar-refractivity contribution is 7.89. The van der Waals surface area contributed by atoms with Crippen molar-refractivity contribution < 1.29 is 17.9 Å². The molecule has 0 aliphatic heterocycles. The molecule has 0 bridgehead atoms. The number of hydrogen-bond acceptors (Lipinski definition) is 7. The second kappa shape index (κ2) is 12.4. The van der Waals surface area contributed by atoms with E-state index in [-0.39, 0.29) is 23.4 Å². The van der Waals surface area contributed by atoms with Crippen molar-refractivity contribution in [3.63, 3.8) is 0 Å². The van der Waals surface area contributed by atoms with Gasteiger partial charge in [0.2, 0.25) is 10.0 Å². The van der Waals surface area contributed by atoms with Gasteiger partial charge in [-0.05, 0) is 87.7 Å². The Morgan fingerprint density at radius 1 is 0.821 bits per heavy atom. The van der Waals surface area contributed by atoms with E-state index in [2.05, 4.69) is 0 Å². The molecule has 0 aliphatic rings. The lowest BCUT2D eigenvalue weighted by molar-refractivity contribution is 0.349. The highest BCUT2D eigenvalue weighted by Gasteiger charge is 2.25. The van der Waals surface area contributed by atoms with Gasteiger partial charge in [-0.25, -0.2) is 13.4 Å². The van der Waals surface area contributed by atoms with Crippen molar-refractivity contribution >= 4 is 20.9 Å². The molecule has 0 fully saturated rings. The predicted octanol–water partition coefficient (Wildman–Crippen LogP) is 3.59. The molecular formula is C29H34N4O5S. The maximum atomic E-state index is 13.7. The SMILES string of the molecule is COc1ccc(-n2c(CCN(CCCN(C)C)S(=O)(=O)c3ccc(OC)cc3)nc3ccccc3c2=O)cc1. The molecule has 0 saturated heterocycles. The number of methoxy groups -OCH3 is 2. The van der Waals surface area contributed by atoms with Crippen molar-refractivity contribution in [1.29, 1.82) is 0 Å². The topological polar surface area (TPSA) is 94.0 Å². The number of rotatable bonds is 12. The first kappa shape index (κ1) is 28.3. The van der Waals surface area contributed by atoms with Crippen LogP contribution >= 0.6 is 0 Å². The lowest BCUT2D eigenvalue weighted by Crippen LogP contribution is -2.36. The van der Waals surface area contributed by atoms with Crippen molar-refractivity contribution in [3.05, 3.63) is 89.0 Å². The molecule has 4 rings (SSSR count). The van der Waals surface area contributed by atoms with E-state index in [0.29, 0.717) is 46.9 Å². The summed E-state index contributed by atoms with van der Waals surface area (Å²) in [6.07, 6.45) is 0.891. The molecular weight excluding hydrogens is 516 g/mol. The molecule has 0 N–H and O–H groups in total. The molecule has 206 valence electrons. The van der Waals surface area contributed by atoms with Crippen LogP contribution in [0, 0.1) is 0 Å². The van der Waals surface area contributed by atoms with Crippen LogP contribution in [0.1, 0.15) is 12.2 Å². The molecule has 0 amide bonds. The van der Waals surface area contributed by atoms with E-state index in [0.717, 1.165) is 6.54 Å². The van der Waals surface area contributed by atoms with Crippen molar-refractivity contribution in [2.24, 2.45) is 0 Å². The van der Waals surface area contributed by atoms with Gasteiger partial charge in [0.15, 0.2) is 0 Å². The molecule has 4 aromatic rings. The molecule has 0 spiro atoms. The Hall–Kier alpha value is -3.73. The highest BCUT2D eigenvalue weighted by Crippen LogP contribution is 2.22. The molecule has 9 nitrogen and oxygen atoms in total. The highest BCUT2D eigenvalue weighted by atomic mass is 32.2. The first-order valence-electron chi connectivity index (χ1n) is 12.7. The second-order valence-corrected chi connectivity index (χ2v) is 11.3. The van der Waals surface area contributed by atoms with Gasteiger partial charge in [0.1, 0.15) is 17.3 Å². The maximum absolute atomic E-state index is 13.7. The van der Waals surface area contributed by atoms with Crippen molar-refractivity contribution in [3.8, 4) is 17.2 Å². The van der Waals surface area contributed by atoms with Gasteiger partial charge >= 0.3 is 0 Å². The fourth-order valence-corrected chi connectivity index (χ4v) is 5.86. The zero-order valence-corrected chi connectivity index (χ0v) is 23.5. The van der Waals surface area contributed by atoms with Gasteiger partial charge < -0.3 is 14.4 Å². The normalized spacial score (nSPS) is 11.8. The fraction of sp³-hybridized carbons (Fsp3) is 0.310. The Morgan fingerprint density at radius 2 is 1.44 bits per heavy atom. The van der Waals surface area contributed by atoms with Crippen LogP contribution in [0.25, 0.3) is 16.6 Å². The summed E-state index contributed by atoms with van der Waals surface area (Å²) in [6, 6.07) is 20.7. The lowest BCUT2D eigenvalue weighted by Gasteiger charge is -2.24. The molecule has 0 saturated carbocycles. The third-order valence-electron chi connectivity index (χ3n) is 6.47. The third-order valence-corrected chi connectivity index (χ3v) is 8.38.